The van der Waals surface area contributed by atoms with E-state index in [0.29, 0.717) is 0 Å². The highest BCUT2D eigenvalue weighted by Crippen LogP contribution is 1.57. The van der Waals surface area contributed by atoms with Crippen LogP contribution in [0, 0.1) is 6.42 Å². The fourth-order valence-electron chi connectivity index (χ4n) is 0.0667. The molecule has 29 valence electrons. The van der Waals surface area contributed by atoms with E-state index in [4.69, 9.17) is 5.21 Å². The molecule has 0 rings (SSSR count). The van der Waals surface area contributed by atoms with Crippen LogP contribution in [0.5, 0.6) is 0 Å². The van der Waals surface area contributed by atoms with Crippen molar-refractivity contribution in [2.45, 2.75) is 6.92 Å². The number of nitrogens with zero attached hydrogens (tertiary/aromatic N) is 1. The molecule has 0 saturated heterocycles. The minimum Gasteiger partial charge on any atom is -0.411 e. The summed E-state index contributed by atoms with van der Waals surface area (Å²) in [6.07, 6.45) is 2.94. The Morgan fingerprint density at radius 2 is 2.40 bits per heavy atom. The fourth-order valence-corrected chi connectivity index (χ4v) is 0.0667. The molecule has 1 radical (unpaired) electrons. The molecule has 1 N–H and O–H groups in total. The van der Waals surface area contributed by atoms with Gasteiger partial charge in [0.2, 0.25) is 0 Å². The van der Waals surface area contributed by atoms with Crippen LogP contribution in [0.2, 0.25) is 0 Å². The van der Waals surface area contributed by atoms with Gasteiger partial charge in [0, 0.05) is 12.6 Å². The molecule has 0 spiro atoms. The maximum atomic E-state index is 7.60. The molecule has 0 bridgehead atoms. The Hall–Kier alpha value is -0.530. The van der Waals surface area contributed by atoms with Crippen molar-refractivity contribution >= 4 is 6.21 Å². The minimum atomic E-state index is 1.31. The van der Waals surface area contributed by atoms with Crippen LogP contribution in [0.4, 0.5) is 0 Å². The van der Waals surface area contributed by atoms with E-state index < -0.39 is 0 Å². The number of hydrogen-bond acceptors (Lipinski definition) is 2. The van der Waals surface area contributed by atoms with Gasteiger partial charge in [-0.15, -0.1) is 5.16 Å². The van der Waals surface area contributed by atoms with Crippen LogP contribution >= 0.6 is 0 Å². The average molecular weight is 72.1 g/mol. The standard InChI is InChI=1S/C3H6NO/c1-2-3-4-5/h2-3,5H,1H3. The fraction of sp³-hybridized carbons (Fsp3) is 0.333. The van der Waals surface area contributed by atoms with Crippen LogP contribution in [0.3, 0.4) is 0 Å². The molecule has 0 aromatic heterocycles. The van der Waals surface area contributed by atoms with Gasteiger partial charge in [-0.05, 0) is 0 Å². The molecule has 0 atom stereocenters. The van der Waals surface area contributed by atoms with Crippen molar-refractivity contribution in [2.75, 3.05) is 0 Å². The van der Waals surface area contributed by atoms with Crippen LogP contribution in [0.15, 0.2) is 5.16 Å². The van der Waals surface area contributed by atoms with Crippen molar-refractivity contribution in [3.8, 4) is 0 Å². The van der Waals surface area contributed by atoms with Crippen molar-refractivity contribution < 1.29 is 5.21 Å². The molecule has 0 aromatic rings. The van der Waals surface area contributed by atoms with Gasteiger partial charge in [0.1, 0.15) is 0 Å². The number of oxime groups is 1. The molecule has 0 aliphatic heterocycles. The molecule has 5 heavy (non-hydrogen) atoms. The van der Waals surface area contributed by atoms with E-state index in [9.17, 15) is 0 Å². The summed E-state index contributed by atoms with van der Waals surface area (Å²) in [5.74, 6) is 0. The van der Waals surface area contributed by atoms with Crippen LogP contribution in [-0.2, 0) is 0 Å². The summed E-state index contributed by atoms with van der Waals surface area (Å²) < 4.78 is 0. The van der Waals surface area contributed by atoms with E-state index in [-0.39, 0.29) is 0 Å². The third-order valence-electron chi connectivity index (χ3n) is 0.216. The van der Waals surface area contributed by atoms with Gasteiger partial charge in [-0.2, -0.15) is 0 Å². The third-order valence-corrected chi connectivity index (χ3v) is 0.216. The molecule has 0 aliphatic carbocycles. The Morgan fingerprint density at radius 1 is 1.80 bits per heavy atom. The summed E-state index contributed by atoms with van der Waals surface area (Å²) in [5, 5.41) is 10.3. The summed E-state index contributed by atoms with van der Waals surface area (Å²) in [6.45, 7) is 1.78. The Morgan fingerprint density at radius 3 is 2.40 bits per heavy atom. The topological polar surface area (TPSA) is 32.6 Å². The molecular weight excluding hydrogens is 66.0 g/mol. The monoisotopic (exact) mass is 72.0 g/mol. The Bertz CT molecular complexity index is 33.9. The highest BCUT2D eigenvalue weighted by molar-refractivity contribution is 5.65. The molecule has 2 nitrogen and oxygen atoms in total. The zero-order chi connectivity index (χ0) is 4.12. The Labute approximate surface area is 31.1 Å². The van der Waals surface area contributed by atoms with Gasteiger partial charge in [-0.25, -0.2) is 0 Å². The first-order valence-electron chi connectivity index (χ1n) is 1.37. The second kappa shape index (κ2) is 3.47. The lowest BCUT2D eigenvalue weighted by Crippen LogP contribution is -1.62. The maximum Gasteiger partial charge on any atom is 0.0470 e. The van der Waals surface area contributed by atoms with Gasteiger partial charge in [-0.1, -0.05) is 6.92 Å². The second-order valence-electron chi connectivity index (χ2n) is 0.598. The molecule has 0 amide bonds. The average Bonchev–Trinajstić information content (AvgIpc) is 1.41. The molecule has 0 heterocycles. The number of hydrogen-bond donors (Lipinski definition) is 1. The van der Waals surface area contributed by atoms with Crippen LogP contribution < -0.4 is 0 Å². The first-order valence-corrected chi connectivity index (χ1v) is 1.37. The van der Waals surface area contributed by atoms with Crippen molar-refractivity contribution in [1.82, 2.24) is 0 Å². The van der Waals surface area contributed by atoms with Gasteiger partial charge < -0.3 is 5.21 Å². The van der Waals surface area contributed by atoms with E-state index in [2.05, 4.69) is 5.16 Å². The van der Waals surface area contributed by atoms with Gasteiger partial charge in [-0.3, -0.25) is 0 Å². The van der Waals surface area contributed by atoms with Crippen molar-refractivity contribution in [3.63, 3.8) is 0 Å². The van der Waals surface area contributed by atoms with Crippen LogP contribution in [0.25, 0.3) is 0 Å². The van der Waals surface area contributed by atoms with E-state index in [1.807, 2.05) is 0 Å². The first kappa shape index (κ1) is 4.47. The van der Waals surface area contributed by atoms with Crippen LogP contribution in [0.1, 0.15) is 6.92 Å². The van der Waals surface area contributed by atoms with Gasteiger partial charge >= 0.3 is 0 Å². The zero-order valence-electron chi connectivity index (χ0n) is 3.05. The molecule has 0 aromatic carbocycles. The van der Waals surface area contributed by atoms with Crippen molar-refractivity contribution in [1.29, 1.82) is 0 Å². The predicted molar refractivity (Wildman–Crippen MR) is 20.3 cm³/mol. The van der Waals surface area contributed by atoms with Crippen molar-refractivity contribution in [2.24, 2.45) is 5.16 Å². The SMILES string of the molecule is C[CH]C=NO. The summed E-state index contributed by atoms with van der Waals surface area (Å²) in [5.41, 5.74) is 0. The summed E-state index contributed by atoms with van der Waals surface area (Å²) >= 11 is 0. The summed E-state index contributed by atoms with van der Waals surface area (Å²) in [7, 11) is 0. The lowest BCUT2D eigenvalue weighted by molar-refractivity contribution is 0.321. The van der Waals surface area contributed by atoms with E-state index >= 15 is 0 Å². The molecule has 0 saturated carbocycles. The summed E-state index contributed by atoms with van der Waals surface area (Å²) in [4.78, 5) is 0. The highest BCUT2D eigenvalue weighted by Gasteiger charge is 1.56. The van der Waals surface area contributed by atoms with Gasteiger partial charge in [0.05, 0.1) is 0 Å². The van der Waals surface area contributed by atoms with Crippen LogP contribution in [-0.4, -0.2) is 11.4 Å². The Balaban J connectivity index is 2.62. The minimum absolute atomic E-state index is 1.31. The lowest BCUT2D eigenvalue weighted by atomic mass is 10.6. The normalized spacial score (nSPS) is 9.80. The maximum absolute atomic E-state index is 7.60. The number of rotatable bonds is 1. The zero-order valence-corrected chi connectivity index (χ0v) is 3.05. The summed E-state index contributed by atoms with van der Waals surface area (Å²) in [6, 6.07) is 0. The van der Waals surface area contributed by atoms with E-state index in [1.165, 1.54) is 6.21 Å². The third kappa shape index (κ3) is 3.47. The molecular formula is C3H6NO. The largest absolute Gasteiger partial charge is 0.411 e. The van der Waals surface area contributed by atoms with Gasteiger partial charge in [0.25, 0.3) is 0 Å². The smallest absolute Gasteiger partial charge is 0.0470 e. The molecule has 0 aliphatic rings. The Kier molecular flexibility index (Phi) is 3.10. The second-order valence-corrected chi connectivity index (χ2v) is 0.598. The molecule has 0 fully saturated rings. The lowest BCUT2D eigenvalue weighted by Gasteiger charge is -1.64. The van der Waals surface area contributed by atoms with Gasteiger partial charge in [0.15, 0.2) is 0 Å². The predicted octanol–water partition coefficient (Wildman–Crippen LogP) is 0.671. The first-order chi connectivity index (χ1) is 2.41. The molecule has 0 unspecified atom stereocenters. The van der Waals surface area contributed by atoms with Crippen molar-refractivity contribution in [3.05, 3.63) is 6.42 Å². The highest BCUT2D eigenvalue weighted by atomic mass is 16.4. The quantitative estimate of drug-likeness (QED) is 0.275. The van der Waals surface area contributed by atoms with E-state index in [1.54, 1.807) is 13.3 Å². The molecule has 2 heteroatoms. The van der Waals surface area contributed by atoms with E-state index in [0.717, 1.165) is 0 Å².